The molecule has 1 aliphatic heterocycles. The third kappa shape index (κ3) is 4.91. The summed E-state index contributed by atoms with van der Waals surface area (Å²) in [7, 11) is 0. The van der Waals surface area contributed by atoms with Crippen LogP contribution in [-0.4, -0.2) is 59.8 Å². The number of para-hydroxylation sites is 2. The van der Waals surface area contributed by atoms with E-state index in [0.29, 0.717) is 24.4 Å². The number of benzene rings is 1. The van der Waals surface area contributed by atoms with Gasteiger partial charge in [0.25, 0.3) is 0 Å². The van der Waals surface area contributed by atoms with Gasteiger partial charge in [-0.2, -0.15) is 0 Å². The highest BCUT2D eigenvalue weighted by Gasteiger charge is 2.32. The zero-order valence-electron chi connectivity index (χ0n) is 13.6. The average Bonchev–Trinajstić information content (AvgIpc) is 2.70. The monoisotopic (exact) mass is 351 g/mol. The second kappa shape index (κ2) is 8.45. The first-order valence-corrected chi connectivity index (χ1v) is 7.87. The van der Waals surface area contributed by atoms with Gasteiger partial charge in [-0.3, -0.25) is 19.3 Å². The van der Waals surface area contributed by atoms with E-state index in [-0.39, 0.29) is 13.0 Å². The Morgan fingerprint density at radius 3 is 2.76 bits per heavy atom. The fourth-order valence-electron chi connectivity index (χ4n) is 2.52. The Bertz CT molecular complexity index is 651. The predicted molar refractivity (Wildman–Crippen MR) is 88.6 cm³/mol. The molecule has 136 valence electrons. The second-order valence-corrected chi connectivity index (χ2v) is 5.69. The molecule has 1 amide bonds. The highest BCUT2D eigenvalue weighted by Crippen LogP contribution is 2.30. The number of amides is 1. The molecule has 0 fully saturated rings. The maximum Gasteiger partial charge on any atom is 0.323 e. The van der Waals surface area contributed by atoms with Crippen molar-refractivity contribution in [2.24, 2.45) is 5.73 Å². The van der Waals surface area contributed by atoms with Gasteiger partial charge in [-0.25, -0.2) is 0 Å². The number of ether oxygens (including phenoxy) is 1. The number of fused-ring (bicyclic) bond motifs is 1. The number of hydrogen-bond acceptors (Lipinski definition) is 6. The van der Waals surface area contributed by atoms with Gasteiger partial charge in [0, 0.05) is 0 Å². The summed E-state index contributed by atoms with van der Waals surface area (Å²) < 4.78 is 5.62. The largest absolute Gasteiger partial charge is 0.489 e. The van der Waals surface area contributed by atoms with E-state index in [1.54, 1.807) is 24.3 Å². The van der Waals surface area contributed by atoms with E-state index in [0.717, 1.165) is 0 Å². The molecule has 1 aliphatic rings. The van der Waals surface area contributed by atoms with Crippen LogP contribution in [0.3, 0.4) is 0 Å². The number of carboxylic acid groups (broad SMARTS) is 2. The zero-order chi connectivity index (χ0) is 18.4. The van der Waals surface area contributed by atoms with Crippen LogP contribution in [0.25, 0.3) is 0 Å². The Morgan fingerprint density at radius 1 is 1.36 bits per heavy atom. The van der Waals surface area contributed by atoms with Gasteiger partial charge >= 0.3 is 11.9 Å². The number of anilines is 1. The molecule has 0 saturated carbocycles. The normalized spacial score (nSPS) is 18.0. The van der Waals surface area contributed by atoms with Crippen LogP contribution in [0.4, 0.5) is 5.69 Å². The summed E-state index contributed by atoms with van der Waals surface area (Å²) >= 11 is 0. The Kier molecular flexibility index (Phi) is 6.31. The van der Waals surface area contributed by atoms with Crippen LogP contribution >= 0.6 is 0 Å². The van der Waals surface area contributed by atoms with Crippen molar-refractivity contribution in [1.29, 1.82) is 0 Å². The summed E-state index contributed by atoms with van der Waals surface area (Å²) in [5.74, 6) is -2.17. The molecule has 25 heavy (non-hydrogen) atoms. The maximum atomic E-state index is 12.7. The van der Waals surface area contributed by atoms with Gasteiger partial charge in [-0.05, 0) is 31.5 Å². The average molecular weight is 351 g/mol. The molecule has 0 aliphatic carbocycles. The van der Waals surface area contributed by atoms with Gasteiger partial charge in [0.2, 0.25) is 5.91 Å². The first kappa shape index (κ1) is 18.7. The Hall–Kier alpha value is -2.65. The highest BCUT2D eigenvalue weighted by molar-refractivity contribution is 6.02. The number of hydrogen-bond donors (Lipinski definition) is 4. The van der Waals surface area contributed by atoms with E-state index in [2.05, 4.69) is 5.32 Å². The molecule has 0 saturated heterocycles. The third-order valence-electron chi connectivity index (χ3n) is 3.82. The van der Waals surface area contributed by atoms with Crippen LogP contribution in [0.5, 0.6) is 5.75 Å². The van der Waals surface area contributed by atoms with Gasteiger partial charge in [0.15, 0.2) is 0 Å². The fraction of sp³-hybridized carbons (Fsp3) is 0.438. The van der Waals surface area contributed by atoms with Gasteiger partial charge < -0.3 is 26.0 Å². The van der Waals surface area contributed by atoms with Crippen LogP contribution in [0.1, 0.15) is 12.8 Å². The standard InChI is InChI=1S/C16H21N3O6/c17-10(16(23)24)4-3-7-18-11-9-25-13-6-2-1-5-12(13)19(15(11)22)8-14(20)21/h1-2,5-6,10-11,18H,3-4,7-9,17H2,(H,20,21)(H,23,24)/t10?,11-/m0/s1. The Morgan fingerprint density at radius 2 is 2.08 bits per heavy atom. The molecule has 9 nitrogen and oxygen atoms in total. The van der Waals surface area contributed by atoms with Crippen molar-refractivity contribution < 1.29 is 29.3 Å². The molecule has 0 bridgehead atoms. The minimum absolute atomic E-state index is 0.0525. The van der Waals surface area contributed by atoms with Crippen LogP contribution in [0.15, 0.2) is 24.3 Å². The van der Waals surface area contributed by atoms with Crippen molar-refractivity contribution in [3.8, 4) is 5.75 Å². The summed E-state index contributed by atoms with van der Waals surface area (Å²) in [4.78, 5) is 35.7. The van der Waals surface area contributed by atoms with Crippen molar-refractivity contribution in [3.05, 3.63) is 24.3 Å². The van der Waals surface area contributed by atoms with E-state index >= 15 is 0 Å². The topological polar surface area (TPSA) is 142 Å². The molecule has 2 rings (SSSR count). The van der Waals surface area contributed by atoms with E-state index in [1.807, 2.05) is 0 Å². The second-order valence-electron chi connectivity index (χ2n) is 5.69. The number of rotatable bonds is 8. The number of nitrogens with zero attached hydrogens (tertiary/aromatic N) is 1. The molecule has 1 aromatic rings. The lowest BCUT2D eigenvalue weighted by atomic mass is 10.1. The lowest BCUT2D eigenvalue weighted by Gasteiger charge is -2.23. The lowest BCUT2D eigenvalue weighted by Crippen LogP contribution is -2.50. The molecule has 0 aromatic heterocycles. The van der Waals surface area contributed by atoms with Crippen molar-refractivity contribution in [1.82, 2.24) is 5.32 Å². The van der Waals surface area contributed by atoms with E-state index in [9.17, 15) is 14.4 Å². The molecule has 5 N–H and O–H groups in total. The minimum atomic E-state index is -1.13. The summed E-state index contributed by atoms with van der Waals surface area (Å²) in [6.45, 7) is -0.0593. The van der Waals surface area contributed by atoms with Gasteiger partial charge in [0.1, 0.15) is 31.0 Å². The quantitative estimate of drug-likeness (QED) is 0.465. The van der Waals surface area contributed by atoms with Gasteiger partial charge in [-0.15, -0.1) is 0 Å². The van der Waals surface area contributed by atoms with Crippen LogP contribution in [0, 0.1) is 0 Å². The minimum Gasteiger partial charge on any atom is -0.489 e. The highest BCUT2D eigenvalue weighted by atomic mass is 16.5. The Labute approximate surface area is 144 Å². The summed E-state index contributed by atoms with van der Waals surface area (Å²) in [5, 5.41) is 20.8. The molecule has 9 heteroatoms. The third-order valence-corrected chi connectivity index (χ3v) is 3.82. The number of carbonyl (C=O) groups excluding carboxylic acids is 1. The summed E-state index contributed by atoms with van der Waals surface area (Å²) in [6.07, 6.45) is 0.728. The number of carbonyl (C=O) groups is 3. The molecule has 1 aromatic carbocycles. The van der Waals surface area contributed by atoms with Crippen LogP contribution < -0.4 is 20.7 Å². The molecular formula is C16H21N3O6. The van der Waals surface area contributed by atoms with E-state index < -0.39 is 36.5 Å². The smallest absolute Gasteiger partial charge is 0.323 e. The lowest BCUT2D eigenvalue weighted by molar-refractivity contribution is -0.138. The van der Waals surface area contributed by atoms with Crippen LogP contribution in [0.2, 0.25) is 0 Å². The first-order chi connectivity index (χ1) is 11.9. The summed E-state index contributed by atoms with van der Waals surface area (Å²) in [5.41, 5.74) is 5.84. The first-order valence-electron chi connectivity index (χ1n) is 7.87. The maximum absolute atomic E-state index is 12.7. The number of nitrogens with one attached hydrogen (secondary N) is 1. The van der Waals surface area contributed by atoms with Crippen molar-refractivity contribution >= 4 is 23.5 Å². The SMILES string of the molecule is NC(CCCN[C@H]1COc2ccccc2N(CC(=O)O)C1=O)C(=O)O. The van der Waals surface area contributed by atoms with Gasteiger partial charge in [-0.1, -0.05) is 12.1 Å². The zero-order valence-corrected chi connectivity index (χ0v) is 13.6. The number of carboxylic acids is 2. The number of nitrogens with two attached hydrogens (primary N) is 1. The molecule has 0 spiro atoms. The van der Waals surface area contributed by atoms with Crippen molar-refractivity contribution in [2.75, 3.05) is 24.6 Å². The Balaban J connectivity index is 2.03. The molecule has 1 unspecified atom stereocenters. The predicted octanol–water partition coefficient (Wildman–Crippen LogP) is -0.353. The molecular weight excluding hydrogens is 330 g/mol. The summed E-state index contributed by atoms with van der Waals surface area (Å²) in [6, 6.07) is 5.06. The van der Waals surface area contributed by atoms with Gasteiger partial charge in [0.05, 0.1) is 5.69 Å². The molecule has 1 heterocycles. The fourth-order valence-corrected chi connectivity index (χ4v) is 2.52. The number of aliphatic carboxylic acids is 2. The van der Waals surface area contributed by atoms with Crippen LogP contribution in [-0.2, 0) is 14.4 Å². The van der Waals surface area contributed by atoms with Crippen molar-refractivity contribution in [3.63, 3.8) is 0 Å². The molecule has 2 atom stereocenters. The van der Waals surface area contributed by atoms with E-state index in [1.165, 1.54) is 4.90 Å². The molecule has 0 radical (unpaired) electrons. The van der Waals surface area contributed by atoms with E-state index in [4.69, 9.17) is 20.7 Å². The van der Waals surface area contributed by atoms with Crippen molar-refractivity contribution in [2.45, 2.75) is 24.9 Å².